The molecule has 1 unspecified atom stereocenters. The van der Waals surface area contributed by atoms with Crippen molar-refractivity contribution in [2.75, 3.05) is 33.4 Å². The molecule has 12 heteroatoms. The van der Waals surface area contributed by atoms with E-state index in [2.05, 4.69) is 4.98 Å². The highest BCUT2D eigenvalue weighted by atomic mass is 19.2. The Bertz CT molecular complexity index is 1330. The minimum Gasteiger partial charge on any atom is -0.497 e. The van der Waals surface area contributed by atoms with Crippen LogP contribution in [0.15, 0.2) is 36.5 Å². The number of likely N-dealkylation sites (tertiary alicyclic amines) is 1. The van der Waals surface area contributed by atoms with Crippen LogP contribution in [0, 0.1) is 28.7 Å². The topological polar surface area (TPSA) is 104 Å². The van der Waals surface area contributed by atoms with Gasteiger partial charge in [-0.2, -0.15) is 4.39 Å². The quantitative estimate of drug-likeness (QED) is 0.150. The summed E-state index contributed by atoms with van der Waals surface area (Å²) in [5.74, 6) is -4.92. The van der Waals surface area contributed by atoms with Crippen molar-refractivity contribution in [3.63, 3.8) is 0 Å². The molecule has 39 heavy (non-hydrogen) atoms. The molecule has 0 radical (unpaired) electrons. The lowest BCUT2D eigenvalue weighted by atomic mass is 9.73. The van der Waals surface area contributed by atoms with Crippen molar-refractivity contribution in [2.45, 2.75) is 31.8 Å². The van der Waals surface area contributed by atoms with E-state index in [0.29, 0.717) is 55.2 Å². The Labute approximate surface area is 222 Å². The van der Waals surface area contributed by atoms with Gasteiger partial charge < -0.3 is 14.6 Å². The minimum absolute atomic E-state index is 0.0359. The van der Waals surface area contributed by atoms with Gasteiger partial charge in [0.2, 0.25) is 11.7 Å². The van der Waals surface area contributed by atoms with Crippen LogP contribution in [0.1, 0.15) is 37.4 Å². The molecule has 0 saturated carbocycles. The van der Waals surface area contributed by atoms with Gasteiger partial charge in [0, 0.05) is 29.6 Å². The number of nitrogens with one attached hydrogen (secondary N) is 1. The first kappa shape index (κ1) is 28.5. The first-order valence-corrected chi connectivity index (χ1v) is 12.4. The maximum atomic E-state index is 14.8. The Morgan fingerprint density at radius 2 is 1.90 bits per heavy atom. The van der Waals surface area contributed by atoms with Gasteiger partial charge in [0.05, 0.1) is 30.3 Å². The molecular weight excluding hydrogens is 522 g/mol. The fourth-order valence-corrected chi connectivity index (χ4v) is 5.03. The summed E-state index contributed by atoms with van der Waals surface area (Å²) >= 11 is 0. The van der Waals surface area contributed by atoms with Crippen molar-refractivity contribution in [2.24, 2.45) is 5.41 Å². The number of hydrogen-bond donors (Lipinski definition) is 3. The Morgan fingerprint density at radius 3 is 2.59 bits per heavy atom. The van der Waals surface area contributed by atoms with Crippen LogP contribution in [0.4, 0.5) is 17.6 Å². The van der Waals surface area contributed by atoms with Crippen LogP contribution in [0.3, 0.4) is 0 Å². The molecule has 1 aliphatic rings. The monoisotopic (exact) mass is 551 g/mol. The van der Waals surface area contributed by atoms with E-state index in [1.165, 1.54) is 7.11 Å². The zero-order chi connectivity index (χ0) is 28.2. The molecule has 1 saturated heterocycles. The molecule has 1 aromatic heterocycles. The first-order valence-electron chi connectivity index (χ1n) is 12.4. The molecule has 8 nitrogen and oxygen atoms in total. The predicted octanol–water partition coefficient (Wildman–Crippen LogP) is 4.28. The summed E-state index contributed by atoms with van der Waals surface area (Å²) in [5.41, 5.74) is 1.22. The number of aliphatic hydroxyl groups excluding tert-OH is 1. The fraction of sp³-hybridized carbons (Fsp3) is 0.407. The summed E-state index contributed by atoms with van der Waals surface area (Å²) in [4.78, 5) is 18.7. The van der Waals surface area contributed by atoms with Crippen LogP contribution in [0.5, 0.6) is 11.5 Å². The number of hydroxylamine groups is 1. The SMILES string of the molecule is COc1ccc2ncc(F)c(C(O)CCC3(C(=O)NO)CCN(CCOc4cc(F)cc(F)c4F)CC3)c2c1. The number of methoxy groups -OCH3 is 1. The van der Waals surface area contributed by atoms with Crippen LogP contribution in [0.25, 0.3) is 10.9 Å². The van der Waals surface area contributed by atoms with E-state index in [1.807, 2.05) is 4.90 Å². The zero-order valence-corrected chi connectivity index (χ0v) is 21.2. The van der Waals surface area contributed by atoms with Crippen LogP contribution in [0.2, 0.25) is 0 Å². The number of amides is 1. The lowest BCUT2D eigenvalue weighted by molar-refractivity contribution is -0.144. The number of nitrogens with zero attached hydrogens (tertiary/aromatic N) is 2. The minimum atomic E-state index is -1.34. The number of benzene rings is 2. The van der Waals surface area contributed by atoms with E-state index in [1.54, 1.807) is 23.7 Å². The molecule has 4 rings (SSSR count). The molecule has 2 heterocycles. The van der Waals surface area contributed by atoms with Gasteiger partial charge in [-0.3, -0.25) is 19.9 Å². The van der Waals surface area contributed by atoms with Crippen LogP contribution in [-0.4, -0.2) is 59.5 Å². The molecule has 0 bridgehead atoms. The number of fused-ring (bicyclic) bond motifs is 1. The second kappa shape index (κ2) is 12.1. The van der Waals surface area contributed by atoms with E-state index in [9.17, 15) is 32.7 Å². The second-order valence-corrected chi connectivity index (χ2v) is 9.57. The Balaban J connectivity index is 1.40. The highest BCUT2D eigenvalue weighted by Gasteiger charge is 2.41. The normalized spacial score (nSPS) is 16.2. The maximum absolute atomic E-state index is 14.8. The lowest BCUT2D eigenvalue weighted by Crippen LogP contribution is -2.49. The van der Waals surface area contributed by atoms with Gasteiger partial charge in [-0.15, -0.1) is 0 Å². The van der Waals surface area contributed by atoms with Gasteiger partial charge in [0.25, 0.3) is 0 Å². The molecule has 1 fully saturated rings. The summed E-state index contributed by atoms with van der Waals surface area (Å²) in [6.45, 7) is 1.05. The predicted molar refractivity (Wildman–Crippen MR) is 132 cm³/mol. The average molecular weight is 552 g/mol. The molecule has 0 aliphatic carbocycles. The number of carbonyl (C=O) groups excluding carboxylic acids is 1. The summed E-state index contributed by atoms with van der Waals surface area (Å²) in [6, 6.07) is 6.11. The van der Waals surface area contributed by atoms with E-state index in [4.69, 9.17) is 9.47 Å². The summed E-state index contributed by atoms with van der Waals surface area (Å²) < 4.78 is 65.7. The van der Waals surface area contributed by atoms with Crippen LogP contribution in [-0.2, 0) is 4.79 Å². The number of aliphatic hydroxyl groups is 1. The number of rotatable bonds is 10. The third kappa shape index (κ3) is 6.23. The van der Waals surface area contributed by atoms with Crippen LogP contribution >= 0.6 is 0 Å². The number of aromatic nitrogens is 1. The number of carbonyl (C=O) groups is 1. The van der Waals surface area contributed by atoms with Gasteiger partial charge in [0.15, 0.2) is 11.6 Å². The fourth-order valence-electron chi connectivity index (χ4n) is 5.03. The van der Waals surface area contributed by atoms with E-state index >= 15 is 0 Å². The van der Waals surface area contributed by atoms with Gasteiger partial charge in [-0.25, -0.2) is 18.7 Å². The average Bonchev–Trinajstić information content (AvgIpc) is 2.94. The molecular formula is C27H29F4N3O5. The number of halogens is 4. The summed E-state index contributed by atoms with van der Waals surface area (Å²) in [5, 5.41) is 20.8. The number of piperidine rings is 1. The summed E-state index contributed by atoms with van der Waals surface area (Å²) in [6.07, 6.45) is 0.595. The molecule has 210 valence electrons. The third-order valence-corrected chi connectivity index (χ3v) is 7.32. The van der Waals surface area contributed by atoms with E-state index < -0.39 is 46.4 Å². The van der Waals surface area contributed by atoms with Crippen LogP contribution < -0.4 is 15.0 Å². The highest BCUT2D eigenvalue weighted by molar-refractivity contribution is 5.84. The van der Waals surface area contributed by atoms with Gasteiger partial charge >= 0.3 is 0 Å². The smallest absolute Gasteiger partial charge is 0.249 e. The number of ether oxygens (including phenoxy) is 2. The van der Waals surface area contributed by atoms with Crippen molar-refractivity contribution >= 4 is 16.8 Å². The van der Waals surface area contributed by atoms with Crippen molar-refractivity contribution in [1.82, 2.24) is 15.4 Å². The number of hydrogen-bond acceptors (Lipinski definition) is 7. The maximum Gasteiger partial charge on any atom is 0.249 e. The molecule has 1 atom stereocenters. The van der Waals surface area contributed by atoms with Crippen molar-refractivity contribution in [3.8, 4) is 11.5 Å². The van der Waals surface area contributed by atoms with Gasteiger partial charge in [-0.1, -0.05) is 0 Å². The highest BCUT2D eigenvalue weighted by Crippen LogP contribution is 2.40. The van der Waals surface area contributed by atoms with E-state index in [0.717, 1.165) is 12.3 Å². The van der Waals surface area contributed by atoms with Crippen molar-refractivity contribution in [3.05, 3.63) is 65.4 Å². The largest absolute Gasteiger partial charge is 0.497 e. The van der Waals surface area contributed by atoms with Gasteiger partial charge in [-0.05, 0) is 57.0 Å². The molecule has 0 spiro atoms. The number of pyridine rings is 1. The third-order valence-electron chi connectivity index (χ3n) is 7.32. The standard InChI is InChI=1S/C27H29F4N3O5/c1-38-17-2-3-21-18(14-17)24(20(30)15-32-21)22(35)4-5-27(26(36)33-37)6-8-34(9-7-27)10-11-39-23-13-16(28)12-19(29)25(23)31/h2-3,12-15,22,35,37H,4-11H2,1H3,(H,33,36). The Kier molecular flexibility index (Phi) is 8.88. The van der Waals surface area contributed by atoms with Gasteiger partial charge in [0.1, 0.15) is 24.0 Å². The summed E-state index contributed by atoms with van der Waals surface area (Å²) in [7, 11) is 1.47. The molecule has 2 aromatic carbocycles. The zero-order valence-electron chi connectivity index (χ0n) is 21.2. The first-order chi connectivity index (χ1) is 18.7. The van der Waals surface area contributed by atoms with E-state index in [-0.39, 0.29) is 25.0 Å². The Morgan fingerprint density at radius 1 is 1.15 bits per heavy atom. The van der Waals surface area contributed by atoms with Crippen molar-refractivity contribution < 1.29 is 42.1 Å². The Hall–Kier alpha value is -3.48. The second-order valence-electron chi connectivity index (χ2n) is 9.57. The molecule has 3 aromatic rings. The lowest BCUT2D eigenvalue weighted by Gasteiger charge is -2.40. The molecule has 1 amide bonds. The van der Waals surface area contributed by atoms with Crippen molar-refractivity contribution in [1.29, 1.82) is 0 Å². The molecule has 3 N–H and O–H groups in total. The molecule has 1 aliphatic heterocycles.